The van der Waals surface area contributed by atoms with Crippen molar-refractivity contribution in [3.63, 3.8) is 0 Å². The van der Waals surface area contributed by atoms with E-state index in [1.807, 2.05) is 0 Å². The van der Waals surface area contributed by atoms with Gasteiger partial charge >= 0.3 is 0 Å². The van der Waals surface area contributed by atoms with Gasteiger partial charge in [0.15, 0.2) is 0 Å². The van der Waals surface area contributed by atoms with Crippen molar-refractivity contribution in [2.45, 2.75) is 38.6 Å². The Morgan fingerprint density at radius 3 is 2.46 bits per heavy atom. The van der Waals surface area contributed by atoms with E-state index in [2.05, 4.69) is 12.4 Å². The summed E-state index contributed by atoms with van der Waals surface area (Å²) in [6.07, 6.45) is 5.14. The van der Waals surface area contributed by atoms with E-state index >= 15 is 0 Å². The molecule has 0 bridgehead atoms. The van der Waals surface area contributed by atoms with E-state index in [1.165, 1.54) is 25.7 Å². The highest BCUT2D eigenvalue weighted by Gasteiger charge is 2.17. The topological polar surface area (TPSA) is 30.5 Å². The maximum absolute atomic E-state index is 5.27. The molecule has 3 nitrogen and oxygen atoms in total. The molecule has 0 unspecified atom stereocenters. The van der Waals surface area contributed by atoms with Gasteiger partial charge in [-0.2, -0.15) is 5.48 Å². The second kappa shape index (κ2) is 6.35. The molecule has 1 rings (SSSR count). The zero-order valence-corrected chi connectivity index (χ0v) is 8.71. The highest BCUT2D eigenvalue weighted by Crippen LogP contribution is 2.23. The highest BCUT2D eigenvalue weighted by atomic mass is 16.7. The molecule has 78 valence electrons. The lowest BCUT2D eigenvalue weighted by Gasteiger charge is -2.26. The van der Waals surface area contributed by atoms with Crippen LogP contribution in [0.25, 0.3) is 0 Å². The van der Waals surface area contributed by atoms with Crippen LogP contribution in [-0.2, 0) is 9.57 Å². The lowest BCUT2D eigenvalue weighted by atomic mass is 9.88. The molecular weight excluding hydrogens is 166 g/mol. The molecule has 1 fully saturated rings. The normalized spacial score (nSPS) is 29.1. The molecule has 1 aliphatic rings. The zero-order valence-electron chi connectivity index (χ0n) is 8.71. The fourth-order valence-electron chi connectivity index (χ4n) is 1.68. The van der Waals surface area contributed by atoms with E-state index in [1.54, 1.807) is 7.11 Å². The van der Waals surface area contributed by atoms with Crippen LogP contribution in [0.15, 0.2) is 0 Å². The molecule has 0 aromatic carbocycles. The van der Waals surface area contributed by atoms with Crippen molar-refractivity contribution in [3.05, 3.63) is 0 Å². The van der Waals surface area contributed by atoms with E-state index in [0.29, 0.717) is 19.3 Å². The summed E-state index contributed by atoms with van der Waals surface area (Å²) in [6, 6.07) is 0.563. The van der Waals surface area contributed by atoms with Crippen LogP contribution in [0.3, 0.4) is 0 Å². The van der Waals surface area contributed by atoms with Gasteiger partial charge < -0.3 is 4.74 Å². The smallest absolute Gasteiger partial charge is 0.0915 e. The first kappa shape index (κ1) is 11.0. The van der Waals surface area contributed by atoms with E-state index in [4.69, 9.17) is 9.57 Å². The van der Waals surface area contributed by atoms with Gasteiger partial charge in [-0.25, -0.2) is 0 Å². The van der Waals surface area contributed by atoms with Crippen LogP contribution in [-0.4, -0.2) is 26.4 Å². The molecule has 1 saturated carbocycles. The van der Waals surface area contributed by atoms with Crippen LogP contribution in [0, 0.1) is 5.92 Å². The molecule has 0 heterocycles. The lowest BCUT2D eigenvalue weighted by molar-refractivity contribution is -0.0203. The third-order valence-electron chi connectivity index (χ3n) is 2.66. The molecule has 0 spiro atoms. The van der Waals surface area contributed by atoms with E-state index in [-0.39, 0.29) is 0 Å². The van der Waals surface area contributed by atoms with Crippen molar-refractivity contribution in [1.82, 2.24) is 5.48 Å². The third-order valence-corrected chi connectivity index (χ3v) is 2.66. The van der Waals surface area contributed by atoms with Crippen LogP contribution >= 0.6 is 0 Å². The number of ether oxygens (including phenoxy) is 1. The fourth-order valence-corrected chi connectivity index (χ4v) is 1.68. The number of hydroxylamine groups is 1. The summed E-state index contributed by atoms with van der Waals surface area (Å²) in [5.41, 5.74) is 3.10. The number of hydrogen-bond acceptors (Lipinski definition) is 3. The van der Waals surface area contributed by atoms with Crippen molar-refractivity contribution >= 4 is 0 Å². The third kappa shape index (κ3) is 4.60. The minimum Gasteiger partial charge on any atom is -0.382 e. The average molecular weight is 187 g/mol. The molecule has 1 aliphatic carbocycles. The molecule has 0 aromatic rings. The fraction of sp³-hybridized carbons (Fsp3) is 1.00. The van der Waals surface area contributed by atoms with Gasteiger partial charge in [0.1, 0.15) is 0 Å². The SMILES string of the molecule is COCCONC1CCC(C)CC1. The highest BCUT2D eigenvalue weighted by molar-refractivity contribution is 4.72. The monoisotopic (exact) mass is 187 g/mol. The van der Waals surface area contributed by atoms with Gasteiger partial charge in [-0.3, -0.25) is 4.84 Å². The Morgan fingerprint density at radius 2 is 1.85 bits per heavy atom. The number of rotatable bonds is 5. The Labute approximate surface area is 80.7 Å². The quantitative estimate of drug-likeness (QED) is 0.525. The summed E-state index contributed by atoms with van der Waals surface area (Å²) in [6.45, 7) is 3.63. The van der Waals surface area contributed by atoms with Crippen molar-refractivity contribution in [1.29, 1.82) is 0 Å². The van der Waals surface area contributed by atoms with Crippen molar-refractivity contribution in [2.24, 2.45) is 5.92 Å². The number of nitrogens with one attached hydrogen (secondary N) is 1. The summed E-state index contributed by atoms with van der Waals surface area (Å²) in [5.74, 6) is 0.900. The molecule has 0 radical (unpaired) electrons. The zero-order chi connectivity index (χ0) is 9.52. The second-order valence-electron chi connectivity index (χ2n) is 3.92. The summed E-state index contributed by atoms with van der Waals surface area (Å²) in [4.78, 5) is 5.27. The molecular formula is C10H21NO2. The van der Waals surface area contributed by atoms with Crippen LogP contribution in [0.1, 0.15) is 32.6 Å². The molecule has 13 heavy (non-hydrogen) atoms. The van der Waals surface area contributed by atoms with Gasteiger partial charge in [0.2, 0.25) is 0 Å². The van der Waals surface area contributed by atoms with Crippen LogP contribution in [0.4, 0.5) is 0 Å². The molecule has 1 N–H and O–H groups in total. The van der Waals surface area contributed by atoms with Crippen molar-refractivity contribution in [3.8, 4) is 0 Å². The molecule has 0 saturated heterocycles. The predicted octanol–water partition coefficient (Wildman–Crippen LogP) is 1.73. The summed E-state index contributed by atoms with van der Waals surface area (Å²) >= 11 is 0. The van der Waals surface area contributed by atoms with Crippen LogP contribution in [0.5, 0.6) is 0 Å². The first-order valence-corrected chi connectivity index (χ1v) is 5.19. The minimum atomic E-state index is 0.563. The van der Waals surface area contributed by atoms with Crippen LogP contribution in [0.2, 0.25) is 0 Å². The average Bonchev–Trinajstić information content (AvgIpc) is 2.15. The molecule has 0 atom stereocenters. The Balaban J connectivity index is 1.96. The lowest BCUT2D eigenvalue weighted by Crippen LogP contribution is -2.33. The van der Waals surface area contributed by atoms with Gasteiger partial charge in [-0.15, -0.1) is 0 Å². The summed E-state index contributed by atoms with van der Waals surface area (Å²) < 4.78 is 4.88. The number of methoxy groups -OCH3 is 1. The Kier molecular flexibility index (Phi) is 5.35. The van der Waals surface area contributed by atoms with E-state index in [9.17, 15) is 0 Å². The van der Waals surface area contributed by atoms with Gasteiger partial charge in [0, 0.05) is 13.2 Å². The van der Waals surface area contributed by atoms with Crippen molar-refractivity contribution < 1.29 is 9.57 Å². The Bertz CT molecular complexity index is 122. The van der Waals surface area contributed by atoms with Gasteiger partial charge in [0.25, 0.3) is 0 Å². The van der Waals surface area contributed by atoms with Crippen molar-refractivity contribution in [2.75, 3.05) is 20.3 Å². The maximum atomic E-state index is 5.27. The van der Waals surface area contributed by atoms with Gasteiger partial charge in [-0.1, -0.05) is 6.92 Å². The maximum Gasteiger partial charge on any atom is 0.0915 e. The largest absolute Gasteiger partial charge is 0.382 e. The Morgan fingerprint density at radius 1 is 1.15 bits per heavy atom. The van der Waals surface area contributed by atoms with E-state index < -0.39 is 0 Å². The standard InChI is InChI=1S/C10H21NO2/c1-9-3-5-10(6-4-9)11-13-8-7-12-2/h9-11H,3-8H2,1-2H3. The van der Waals surface area contributed by atoms with E-state index in [0.717, 1.165) is 5.92 Å². The Hall–Kier alpha value is -0.120. The summed E-state index contributed by atoms with van der Waals surface area (Å²) in [5, 5.41) is 0. The van der Waals surface area contributed by atoms with Crippen LogP contribution < -0.4 is 5.48 Å². The first-order valence-electron chi connectivity index (χ1n) is 5.19. The second-order valence-corrected chi connectivity index (χ2v) is 3.92. The summed E-state index contributed by atoms with van der Waals surface area (Å²) in [7, 11) is 1.69. The molecule has 3 heteroatoms. The molecule has 0 aliphatic heterocycles. The predicted molar refractivity (Wildman–Crippen MR) is 52.4 cm³/mol. The molecule has 0 aromatic heterocycles. The first-order chi connectivity index (χ1) is 6.33. The minimum absolute atomic E-state index is 0.563. The number of hydrogen-bond donors (Lipinski definition) is 1. The van der Waals surface area contributed by atoms with Gasteiger partial charge in [-0.05, 0) is 31.6 Å². The molecule has 0 amide bonds. The van der Waals surface area contributed by atoms with Gasteiger partial charge in [0.05, 0.1) is 13.2 Å².